The smallest absolute Gasteiger partial charge is 0.237 e. The second-order valence-corrected chi connectivity index (χ2v) is 11.7. The van der Waals surface area contributed by atoms with Crippen LogP contribution in [0.2, 0.25) is 5.02 Å². The molecule has 1 atom stereocenters. The van der Waals surface area contributed by atoms with Gasteiger partial charge in [-0.1, -0.05) is 11.6 Å². The van der Waals surface area contributed by atoms with E-state index in [2.05, 4.69) is 20.6 Å². The normalized spacial score (nSPS) is 24.4. The number of ketones is 1. The Labute approximate surface area is 202 Å². The van der Waals surface area contributed by atoms with Gasteiger partial charge in [-0.25, -0.2) is 9.19 Å². The van der Waals surface area contributed by atoms with Crippen molar-refractivity contribution in [3.05, 3.63) is 40.5 Å². The summed E-state index contributed by atoms with van der Waals surface area (Å²) in [7, 11) is -2.49. The number of alkyl halides is 1. The van der Waals surface area contributed by atoms with Crippen molar-refractivity contribution in [3.63, 3.8) is 0 Å². The number of anilines is 1. The number of carbonyl (C=O) groups excluding carboxylic acids is 1. The molecule has 2 aromatic rings. The molecule has 2 bridgehead atoms. The number of hydrogen-bond acceptors (Lipinski definition) is 7. The standard InChI is InChI=1S/C22H22Cl2N4O4S/c1-33(2,30)28-20-26-5-3-17(27-20)32-13-21-10-22(11-21,12-21)19(29)14-7-15(9-25)18(16(24)8-14)31-6-4-23/h3,5,7-8H,1,4,6,10-13H2,2H3,(H,26,27,28,30). The molecule has 0 aliphatic heterocycles. The minimum absolute atomic E-state index is 0.0201. The highest BCUT2D eigenvalue weighted by atomic mass is 35.5. The molecule has 0 amide bonds. The molecule has 11 heteroatoms. The third kappa shape index (κ3) is 4.74. The van der Waals surface area contributed by atoms with Crippen molar-refractivity contribution in [2.75, 3.05) is 30.1 Å². The molecule has 1 heterocycles. The third-order valence-electron chi connectivity index (χ3n) is 5.84. The van der Waals surface area contributed by atoms with Gasteiger partial charge in [-0.3, -0.25) is 9.52 Å². The highest BCUT2D eigenvalue weighted by Gasteiger charge is 2.71. The monoisotopic (exact) mass is 508 g/mol. The topological polar surface area (TPSA) is 114 Å². The van der Waals surface area contributed by atoms with Crippen LogP contribution in [0.25, 0.3) is 0 Å². The number of ether oxygens (including phenoxy) is 2. The van der Waals surface area contributed by atoms with E-state index in [0.29, 0.717) is 37.3 Å². The number of halogens is 2. The molecular weight excluding hydrogens is 487 g/mol. The Morgan fingerprint density at radius 1 is 1.36 bits per heavy atom. The first-order valence-electron chi connectivity index (χ1n) is 10.1. The molecule has 3 aliphatic carbocycles. The fourth-order valence-corrected chi connectivity index (χ4v) is 5.52. The number of nitriles is 1. The molecule has 1 N–H and O–H groups in total. The zero-order valence-electron chi connectivity index (χ0n) is 17.9. The van der Waals surface area contributed by atoms with E-state index >= 15 is 0 Å². The van der Waals surface area contributed by atoms with Crippen molar-refractivity contribution in [3.8, 4) is 17.7 Å². The molecule has 1 aromatic heterocycles. The fraction of sp³-hybridized carbons (Fsp3) is 0.409. The van der Waals surface area contributed by atoms with E-state index in [9.17, 15) is 14.3 Å². The molecule has 0 saturated heterocycles. The van der Waals surface area contributed by atoms with E-state index in [0.717, 1.165) is 0 Å². The minimum atomic E-state index is -2.49. The lowest BCUT2D eigenvalue weighted by molar-refractivity contribution is -0.185. The number of carbonyl (C=O) groups is 1. The van der Waals surface area contributed by atoms with E-state index in [1.54, 1.807) is 12.1 Å². The number of aromatic nitrogens is 2. The summed E-state index contributed by atoms with van der Waals surface area (Å²) in [6, 6.07) is 6.75. The van der Waals surface area contributed by atoms with E-state index in [-0.39, 0.29) is 46.0 Å². The third-order valence-corrected chi connectivity index (χ3v) is 6.88. The molecule has 3 saturated carbocycles. The maximum atomic E-state index is 13.2. The summed E-state index contributed by atoms with van der Waals surface area (Å²) in [5.41, 5.74) is 0.0982. The van der Waals surface area contributed by atoms with Crippen LogP contribution in [0, 0.1) is 22.2 Å². The summed E-state index contributed by atoms with van der Waals surface area (Å²) >= 11 is 11.9. The number of benzene rings is 1. The molecule has 3 fully saturated rings. The Hall–Kier alpha value is -2.54. The van der Waals surface area contributed by atoms with Crippen LogP contribution in [0.3, 0.4) is 0 Å². The summed E-state index contributed by atoms with van der Waals surface area (Å²) in [6.45, 7) is 0.631. The van der Waals surface area contributed by atoms with Crippen LogP contribution >= 0.6 is 23.2 Å². The molecule has 1 aromatic carbocycles. The van der Waals surface area contributed by atoms with Crippen LogP contribution in [0.15, 0.2) is 24.4 Å². The molecule has 5 rings (SSSR count). The Bertz CT molecular complexity index is 1240. The second kappa shape index (κ2) is 8.67. The lowest BCUT2D eigenvalue weighted by Crippen LogP contribution is -2.67. The Morgan fingerprint density at radius 2 is 2.09 bits per heavy atom. The number of hydrogen-bond donors (Lipinski definition) is 1. The van der Waals surface area contributed by atoms with Crippen molar-refractivity contribution < 1.29 is 18.5 Å². The van der Waals surface area contributed by atoms with Gasteiger partial charge in [-0.05, 0) is 37.3 Å². The molecule has 1 unspecified atom stereocenters. The van der Waals surface area contributed by atoms with E-state index in [1.165, 1.54) is 18.5 Å². The molecular formula is C22H22Cl2N4O4S. The predicted molar refractivity (Wildman–Crippen MR) is 128 cm³/mol. The number of Topliss-reactive ketones (excluding diaryl/α,β-unsaturated/α-hetero) is 1. The van der Waals surface area contributed by atoms with Gasteiger partial charge >= 0.3 is 0 Å². The van der Waals surface area contributed by atoms with Gasteiger partial charge in [0.05, 0.1) is 23.1 Å². The maximum Gasteiger partial charge on any atom is 0.237 e. The van der Waals surface area contributed by atoms with Crippen molar-refractivity contribution >= 4 is 50.5 Å². The summed E-state index contributed by atoms with van der Waals surface area (Å²) < 4.78 is 25.7. The van der Waals surface area contributed by atoms with Gasteiger partial charge in [0, 0.05) is 44.6 Å². The van der Waals surface area contributed by atoms with Gasteiger partial charge in [-0.15, -0.1) is 11.6 Å². The molecule has 33 heavy (non-hydrogen) atoms. The van der Waals surface area contributed by atoms with Gasteiger partial charge in [-0.2, -0.15) is 10.2 Å². The van der Waals surface area contributed by atoms with E-state index in [4.69, 9.17) is 32.7 Å². The van der Waals surface area contributed by atoms with Gasteiger partial charge in [0.25, 0.3) is 0 Å². The van der Waals surface area contributed by atoms with Gasteiger partial charge < -0.3 is 9.47 Å². The first kappa shape index (κ1) is 23.6. The first-order valence-corrected chi connectivity index (χ1v) is 13.2. The molecule has 0 spiro atoms. The molecule has 3 aliphatic rings. The van der Waals surface area contributed by atoms with Crippen LogP contribution in [0.1, 0.15) is 35.2 Å². The lowest BCUT2D eigenvalue weighted by Gasteiger charge is -2.69. The quantitative estimate of drug-likeness (QED) is 0.295. The summed E-state index contributed by atoms with van der Waals surface area (Å²) in [5.74, 6) is 4.55. The average molecular weight is 509 g/mol. The van der Waals surface area contributed by atoms with Crippen molar-refractivity contribution in [1.29, 1.82) is 5.26 Å². The Morgan fingerprint density at radius 3 is 2.73 bits per heavy atom. The zero-order valence-corrected chi connectivity index (χ0v) is 20.2. The number of rotatable bonds is 10. The molecule has 8 nitrogen and oxygen atoms in total. The minimum Gasteiger partial charge on any atom is -0.489 e. The van der Waals surface area contributed by atoms with Crippen LogP contribution in [-0.2, 0) is 9.71 Å². The average Bonchev–Trinajstić information content (AvgIpc) is 2.69. The van der Waals surface area contributed by atoms with Gasteiger partial charge in [0.1, 0.15) is 12.7 Å². The lowest BCUT2D eigenvalue weighted by atomic mass is 9.34. The predicted octanol–water partition coefficient (Wildman–Crippen LogP) is 3.72. The Balaban J connectivity index is 1.39. The van der Waals surface area contributed by atoms with E-state index < -0.39 is 15.1 Å². The van der Waals surface area contributed by atoms with Crippen LogP contribution in [-0.4, -0.2) is 51.2 Å². The van der Waals surface area contributed by atoms with Crippen molar-refractivity contribution in [2.45, 2.75) is 19.3 Å². The summed E-state index contributed by atoms with van der Waals surface area (Å²) in [6.07, 6.45) is 5.05. The van der Waals surface area contributed by atoms with Crippen molar-refractivity contribution in [1.82, 2.24) is 9.97 Å². The molecule has 174 valence electrons. The summed E-state index contributed by atoms with van der Waals surface area (Å²) in [4.78, 5) is 21.4. The number of nitrogens with one attached hydrogen (secondary N) is 1. The highest BCUT2D eigenvalue weighted by Crippen LogP contribution is 2.74. The van der Waals surface area contributed by atoms with Crippen LogP contribution in [0.4, 0.5) is 5.95 Å². The van der Waals surface area contributed by atoms with Gasteiger partial charge in [0.15, 0.2) is 11.5 Å². The first-order chi connectivity index (χ1) is 15.6. The molecule has 0 radical (unpaired) electrons. The summed E-state index contributed by atoms with van der Waals surface area (Å²) in [5, 5.41) is 9.67. The highest BCUT2D eigenvalue weighted by molar-refractivity contribution is 8.00. The second-order valence-electron chi connectivity index (χ2n) is 8.74. The van der Waals surface area contributed by atoms with Crippen LogP contribution in [0.5, 0.6) is 11.6 Å². The zero-order chi connectivity index (χ0) is 23.9. The van der Waals surface area contributed by atoms with E-state index in [1.807, 2.05) is 6.07 Å². The number of nitrogens with zero attached hydrogens (tertiary/aromatic N) is 3. The largest absolute Gasteiger partial charge is 0.489 e. The van der Waals surface area contributed by atoms with Crippen LogP contribution < -0.4 is 14.2 Å². The van der Waals surface area contributed by atoms with Crippen molar-refractivity contribution in [2.24, 2.45) is 10.8 Å². The Kier molecular flexibility index (Phi) is 6.20. The SMILES string of the molecule is C=S(C)(=O)Nc1nccc(OCC23CC(C(=O)c4cc(Cl)c(OCCCl)c(C#N)c4)(C2)C3)n1. The van der Waals surface area contributed by atoms with Gasteiger partial charge in [0.2, 0.25) is 11.8 Å². The fourth-order valence-electron chi connectivity index (χ4n) is 4.69. The maximum absolute atomic E-state index is 13.2.